The molecule has 0 amide bonds. The molecule has 4 nitrogen and oxygen atoms in total. The second kappa shape index (κ2) is 5.92. The maximum atomic E-state index is 6.09. The van der Waals surface area contributed by atoms with Crippen LogP contribution in [0.2, 0.25) is 5.02 Å². The third-order valence-corrected chi connectivity index (χ3v) is 3.73. The van der Waals surface area contributed by atoms with Gasteiger partial charge in [-0.3, -0.25) is 0 Å². The van der Waals surface area contributed by atoms with E-state index in [2.05, 4.69) is 14.5 Å². The van der Waals surface area contributed by atoms with Gasteiger partial charge < -0.3 is 9.30 Å². The Morgan fingerprint density at radius 1 is 1.24 bits per heavy atom. The quantitative estimate of drug-likeness (QED) is 0.684. The van der Waals surface area contributed by atoms with Crippen molar-refractivity contribution < 1.29 is 4.74 Å². The minimum Gasteiger partial charge on any atom is -0.481 e. The number of ether oxygens (including phenoxy) is 1. The molecule has 21 heavy (non-hydrogen) atoms. The average Bonchev–Trinajstić information content (AvgIpc) is 2.85. The molecule has 0 N–H and O–H groups in total. The van der Waals surface area contributed by atoms with Crippen LogP contribution < -0.4 is 4.74 Å². The van der Waals surface area contributed by atoms with Gasteiger partial charge in [-0.05, 0) is 29.8 Å². The molecular weight excluding hydrogens is 309 g/mol. The number of alkyl halides is 1. The fourth-order valence-electron chi connectivity index (χ4n) is 2.27. The predicted octanol–water partition coefficient (Wildman–Crippen LogP) is 3.88. The molecule has 0 atom stereocenters. The van der Waals surface area contributed by atoms with E-state index in [0.717, 1.165) is 22.4 Å². The van der Waals surface area contributed by atoms with Crippen molar-refractivity contribution in [2.24, 2.45) is 0 Å². The number of methoxy groups -OCH3 is 1. The van der Waals surface area contributed by atoms with E-state index >= 15 is 0 Å². The lowest BCUT2D eigenvalue weighted by molar-refractivity contribution is 0.397. The molecule has 0 spiro atoms. The molecule has 2 heterocycles. The van der Waals surface area contributed by atoms with Gasteiger partial charge in [0.15, 0.2) is 0 Å². The Morgan fingerprint density at radius 3 is 2.86 bits per heavy atom. The number of aromatic nitrogens is 3. The number of benzene rings is 1. The molecule has 2 aromatic heterocycles. The summed E-state index contributed by atoms with van der Waals surface area (Å²) in [4.78, 5) is 8.65. The molecule has 0 saturated carbocycles. The van der Waals surface area contributed by atoms with E-state index in [0.29, 0.717) is 23.3 Å². The van der Waals surface area contributed by atoms with Gasteiger partial charge in [0.05, 0.1) is 24.0 Å². The lowest BCUT2D eigenvalue weighted by Crippen LogP contribution is -2.04. The van der Waals surface area contributed by atoms with E-state index in [1.165, 1.54) is 0 Å². The first-order valence-electron chi connectivity index (χ1n) is 6.41. The second-order valence-corrected chi connectivity index (χ2v) is 5.29. The van der Waals surface area contributed by atoms with Gasteiger partial charge >= 0.3 is 0 Å². The summed E-state index contributed by atoms with van der Waals surface area (Å²) >= 11 is 12.1. The van der Waals surface area contributed by atoms with Gasteiger partial charge in [-0.2, -0.15) is 0 Å². The van der Waals surface area contributed by atoms with Crippen LogP contribution in [0.3, 0.4) is 0 Å². The van der Waals surface area contributed by atoms with Gasteiger partial charge in [0.1, 0.15) is 5.82 Å². The zero-order valence-corrected chi connectivity index (χ0v) is 12.9. The molecule has 0 aliphatic rings. The minimum absolute atomic E-state index is 0.342. The summed E-state index contributed by atoms with van der Waals surface area (Å²) in [6.07, 6.45) is 1.72. The molecule has 3 aromatic rings. The molecule has 0 aliphatic carbocycles. The van der Waals surface area contributed by atoms with Crippen molar-refractivity contribution in [3.05, 3.63) is 52.9 Å². The van der Waals surface area contributed by atoms with E-state index in [1.807, 2.05) is 30.3 Å². The molecule has 3 rings (SSSR count). The van der Waals surface area contributed by atoms with Crippen LogP contribution in [0.1, 0.15) is 11.4 Å². The lowest BCUT2D eigenvalue weighted by atomic mass is 10.2. The molecule has 108 valence electrons. The van der Waals surface area contributed by atoms with Crippen LogP contribution in [0.4, 0.5) is 0 Å². The molecular formula is C15H13Cl2N3O. The Hall–Kier alpha value is -1.78. The highest BCUT2D eigenvalue weighted by molar-refractivity contribution is 6.31. The van der Waals surface area contributed by atoms with E-state index in [4.69, 9.17) is 27.9 Å². The Kier molecular flexibility index (Phi) is 3.99. The predicted molar refractivity (Wildman–Crippen MR) is 84.2 cm³/mol. The van der Waals surface area contributed by atoms with Gasteiger partial charge in [-0.15, -0.1) is 11.6 Å². The zero-order valence-electron chi connectivity index (χ0n) is 11.4. The van der Waals surface area contributed by atoms with Crippen molar-refractivity contribution in [1.29, 1.82) is 0 Å². The Labute approximate surface area is 132 Å². The van der Waals surface area contributed by atoms with Gasteiger partial charge in [0.2, 0.25) is 5.88 Å². The highest BCUT2D eigenvalue weighted by atomic mass is 35.5. The molecule has 0 fully saturated rings. The Balaban J connectivity index is 2.07. The van der Waals surface area contributed by atoms with Crippen LogP contribution in [0.15, 0.2) is 36.5 Å². The number of imidazole rings is 1. The first-order valence-corrected chi connectivity index (χ1v) is 7.32. The topological polar surface area (TPSA) is 39.9 Å². The summed E-state index contributed by atoms with van der Waals surface area (Å²) in [6, 6.07) is 9.47. The van der Waals surface area contributed by atoms with Crippen LogP contribution in [0.25, 0.3) is 11.0 Å². The fourth-order valence-corrected chi connectivity index (χ4v) is 2.64. The van der Waals surface area contributed by atoms with Gasteiger partial charge in [0, 0.05) is 23.8 Å². The van der Waals surface area contributed by atoms with E-state index < -0.39 is 0 Å². The van der Waals surface area contributed by atoms with E-state index in [9.17, 15) is 0 Å². The Bertz CT molecular complexity index is 786. The highest BCUT2D eigenvalue weighted by Gasteiger charge is 2.11. The minimum atomic E-state index is 0.342. The maximum absolute atomic E-state index is 6.09. The van der Waals surface area contributed by atoms with Gasteiger partial charge in [-0.1, -0.05) is 11.6 Å². The summed E-state index contributed by atoms with van der Waals surface area (Å²) in [6.45, 7) is 0.637. The third kappa shape index (κ3) is 2.82. The highest BCUT2D eigenvalue weighted by Crippen LogP contribution is 2.23. The van der Waals surface area contributed by atoms with Crippen molar-refractivity contribution in [1.82, 2.24) is 14.5 Å². The van der Waals surface area contributed by atoms with E-state index in [-0.39, 0.29) is 0 Å². The monoisotopic (exact) mass is 321 g/mol. The van der Waals surface area contributed by atoms with Crippen LogP contribution in [0, 0.1) is 0 Å². The third-order valence-electron chi connectivity index (χ3n) is 3.26. The largest absolute Gasteiger partial charge is 0.481 e. The standard InChI is InChI=1S/C15H13Cl2N3O/c1-21-15-6-10(4-5-18-15)9-20-13-7-11(17)2-3-12(13)19-14(20)8-16/h2-7H,8-9H2,1H3. The van der Waals surface area contributed by atoms with Crippen LogP contribution in [-0.4, -0.2) is 21.6 Å². The van der Waals surface area contributed by atoms with Gasteiger partial charge in [0.25, 0.3) is 0 Å². The van der Waals surface area contributed by atoms with Crippen LogP contribution >= 0.6 is 23.2 Å². The molecule has 0 radical (unpaired) electrons. The molecule has 1 aromatic carbocycles. The fraction of sp³-hybridized carbons (Fsp3) is 0.200. The number of rotatable bonds is 4. The SMILES string of the molecule is COc1cc(Cn2c(CCl)nc3ccc(Cl)cc32)ccn1. The van der Waals surface area contributed by atoms with Crippen molar-refractivity contribution in [2.45, 2.75) is 12.4 Å². The number of pyridine rings is 1. The first-order chi connectivity index (χ1) is 10.2. The lowest BCUT2D eigenvalue weighted by Gasteiger charge is -2.09. The smallest absolute Gasteiger partial charge is 0.213 e. The summed E-state index contributed by atoms with van der Waals surface area (Å²) in [5.41, 5.74) is 2.91. The molecule has 0 aliphatic heterocycles. The Morgan fingerprint density at radius 2 is 2.10 bits per heavy atom. The van der Waals surface area contributed by atoms with Crippen molar-refractivity contribution >= 4 is 34.2 Å². The van der Waals surface area contributed by atoms with Crippen LogP contribution in [-0.2, 0) is 12.4 Å². The molecule has 0 unspecified atom stereocenters. The zero-order chi connectivity index (χ0) is 14.8. The van der Waals surface area contributed by atoms with Crippen molar-refractivity contribution in [3.8, 4) is 5.88 Å². The van der Waals surface area contributed by atoms with E-state index in [1.54, 1.807) is 13.3 Å². The number of hydrogen-bond acceptors (Lipinski definition) is 3. The second-order valence-electron chi connectivity index (χ2n) is 4.59. The summed E-state index contributed by atoms with van der Waals surface area (Å²) in [5, 5.41) is 0.678. The average molecular weight is 322 g/mol. The molecule has 0 bridgehead atoms. The van der Waals surface area contributed by atoms with Crippen molar-refractivity contribution in [3.63, 3.8) is 0 Å². The molecule has 6 heteroatoms. The van der Waals surface area contributed by atoms with Gasteiger partial charge in [-0.25, -0.2) is 9.97 Å². The first kappa shape index (κ1) is 14.2. The number of halogens is 2. The van der Waals surface area contributed by atoms with Crippen LogP contribution in [0.5, 0.6) is 5.88 Å². The number of fused-ring (bicyclic) bond motifs is 1. The summed E-state index contributed by atoms with van der Waals surface area (Å²) in [7, 11) is 1.60. The number of hydrogen-bond donors (Lipinski definition) is 0. The number of nitrogens with zero attached hydrogens (tertiary/aromatic N) is 3. The molecule has 0 saturated heterocycles. The van der Waals surface area contributed by atoms with Crippen molar-refractivity contribution in [2.75, 3.05) is 7.11 Å². The normalized spacial score (nSPS) is 11.0. The summed E-state index contributed by atoms with van der Waals surface area (Å²) in [5.74, 6) is 1.74. The summed E-state index contributed by atoms with van der Waals surface area (Å²) < 4.78 is 7.21. The maximum Gasteiger partial charge on any atom is 0.213 e.